The van der Waals surface area contributed by atoms with Crippen molar-refractivity contribution in [1.29, 1.82) is 5.26 Å². The zero-order chi connectivity index (χ0) is 15.5. The molecule has 1 aromatic rings. The van der Waals surface area contributed by atoms with Crippen molar-refractivity contribution in [3.05, 3.63) is 29.8 Å². The van der Waals surface area contributed by atoms with E-state index in [1.807, 2.05) is 6.07 Å². The third-order valence-electron chi connectivity index (χ3n) is 3.22. The van der Waals surface area contributed by atoms with E-state index < -0.39 is 15.9 Å². The minimum absolute atomic E-state index is 0.0185. The van der Waals surface area contributed by atoms with Crippen LogP contribution < -0.4 is 10.1 Å². The fourth-order valence-electron chi connectivity index (χ4n) is 2.12. The average molecular weight is 308 g/mol. The highest BCUT2D eigenvalue weighted by Gasteiger charge is 2.30. The second-order valence-corrected chi connectivity index (χ2v) is 7.24. The van der Waals surface area contributed by atoms with E-state index in [1.165, 1.54) is 0 Å². The van der Waals surface area contributed by atoms with Gasteiger partial charge in [-0.3, -0.25) is 4.79 Å². The van der Waals surface area contributed by atoms with Crippen LogP contribution in [0.25, 0.3) is 0 Å². The summed E-state index contributed by atoms with van der Waals surface area (Å²) in [7, 11) is -3.03. The molecule has 6 nitrogen and oxygen atoms in total. The summed E-state index contributed by atoms with van der Waals surface area (Å²) in [6.45, 7) is 1.58. The SMILES string of the molecule is C[C@H](Oc1cccc(C#N)c1)C(=O)N[C@@H]1CCS(=O)(=O)C1. The van der Waals surface area contributed by atoms with Gasteiger partial charge in [-0.05, 0) is 31.5 Å². The third kappa shape index (κ3) is 4.20. The lowest BCUT2D eigenvalue weighted by Crippen LogP contribution is -2.43. The van der Waals surface area contributed by atoms with Gasteiger partial charge in [-0.15, -0.1) is 0 Å². The minimum atomic E-state index is -3.03. The number of carbonyl (C=O) groups excluding carboxylic acids is 1. The van der Waals surface area contributed by atoms with Gasteiger partial charge in [-0.1, -0.05) is 6.07 Å². The predicted molar refractivity (Wildman–Crippen MR) is 76.4 cm³/mol. The van der Waals surface area contributed by atoms with Crippen molar-refractivity contribution >= 4 is 15.7 Å². The number of nitrogens with one attached hydrogen (secondary N) is 1. The molecule has 1 aliphatic heterocycles. The first-order chi connectivity index (χ1) is 9.89. The Balaban J connectivity index is 1.92. The Morgan fingerprint density at radius 2 is 2.29 bits per heavy atom. The molecule has 0 aliphatic carbocycles. The molecular weight excluding hydrogens is 292 g/mol. The first-order valence-corrected chi connectivity index (χ1v) is 8.39. The van der Waals surface area contributed by atoms with Crippen LogP contribution in [0.4, 0.5) is 0 Å². The highest BCUT2D eigenvalue weighted by molar-refractivity contribution is 7.91. The van der Waals surface area contributed by atoms with E-state index in [0.717, 1.165) is 0 Å². The topological polar surface area (TPSA) is 96.3 Å². The molecule has 0 bridgehead atoms. The Morgan fingerprint density at radius 1 is 1.52 bits per heavy atom. The molecule has 2 atom stereocenters. The van der Waals surface area contributed by atoms with Crippen molar-refractivity contribution in [2.45, 2.75) is 25.5 Å². The van der Waals surface area contributed by atoms with E-state index >= 15 is 0 Å². The van der Waals surface area contributed by atoms with Crippen molar-refractivity contribution in [2.24, 2.45) is 0 Å². The van der Waals surface area contributed by atoms with E-state index in [2.05, 4.69) is 5.32 Å². The summed E-state index contributed by atoms with van der Waals surface area (Å²) in [5.41, 5.74) is 0.446. The van der Waals surface area contributed by atoms with Crippen molar-refractivity contribution in [3.63, 3.8) is 0 Å². The molecule has 2 rings (SSSR count). The van der Waals surface area contributed by atoms with Crippen LogP contribution in [0, 0.1) is 11.3 Å². The molecule has 0 spiro atoms. The quantitative estimate of drug-likeness (QED) is 0.880. The molecule has 0 aromatic heterocycles. The number of sulfone groups is 1. The van der Waals surface area contributed by atoms with Gasteiger partial charge in [0.2, 0.25) is 0 Å². The Morgan fingerprint density at radius 3 is 2.90 bits per heavy atom. The summed E-state index contributed by atoms with van der Waals surface area (Å²) < 4.78 is 28.1. The fraction of sp³-hybridized carbons (Fsp3) is 0.429. The zero-order valence-corrected chi connectivity index (χ0v) is 12.4. The van der Waals surface area contributed by atoms with Crippen LogP contribution in [0.5, 0.6) is 5.75 Å². The van der Waals surface area contributed by atoms with E-state index in [1.54, 1.807) is 31.2 Å². The number of nitriles is 1. The molecular formula is C14H16N2O4S. The molecule has 1 amide bonds. The summed E-state index contributed by atoms with van der Waals surface area (Å²) in [5, 5.41) is 11.5. The molecule has 1 heterocycles. The lowest BCUT2D eigenvalue weighted by molar-refractivity contribution is -0.127. The predicted octanol–water partition coefficient (Wildman–Crippen LogP) is 0.629. The molecule has 1 aromatic carbocycles. The molecule has 7 heteroatoms. The molecule has 1 aliphatic rings. The number of hydrogen-bond acceptors (Lipinski definition) is 5. The average Bonchev–Trinajstić information content (AvgIpc) is 2.78. The summed E-state index contributed by atoms with van der Waals surface area (Å²) in [6, 6.07) is 8.15. The second kappa shape index (κ2) is 6.14. The van der Waals surface area contributed by atoms with Crippen LogP contribution in [0.3, 0.4) is 0 Å². The first-order valence-electron chi connectivity index (χ1n) is 6.57. The Labute approximate surface area is 123 Å². The zero-order valence-electron chi connectivity index (χ0n) is 11.6. The van der Waals surface area contributed by atoms with Gasteiger partial charge in [0.1, 0.15) is 5.75 Å². The lowest BCUT2D eigenvalue weighted by Gasteiger charge is -2.17. The number of nitrogens with zero attached hydrogens (tertiary/aromatic N) is 1. The van der Waals surface area contributed by atoms with Gasteiger partial charge in [-0.25, -0.2) is 8.42 Å². The molecule has 1 fully saturated rings. The van der Waals surface area contributed by atoms with E-state index in [0.29, 0.717) is 17.7 Å². The smallest absolute Gasteiger partial charge is 0.261 e. The Bertz CT molecular complexity index is 678. The molecule has 1 saturated heterocycles. The molecule has 0 saturated carbocycles. The number of carbonyl (C=O) groups is 1. The summed E-state index contributed by atoms with van der Waals surface area (Å²) >= 11 is 0. The van der Waals surface area contributed by atoms with Gasteiger partial charge >= 0.3 is 0 Å². The van der Waals surface area contributed by atoms with Gasteiger partial charge in [0.25, 0.3) is 5.91 Å². The van der Waals surface area contributed by atoms with Crippen LogP contribution in [0.15, 0.2) is 24.3 Å². The largest absolute Gasteiger partial charge is 0.481 e. The number of benzene rings is 1. The fourth-order valence-corrected chi connectivity index (χ4v) is 3.80. The highest BCUT2D eigenvalue weighted by Crippen LogP contribution is 2.15. The van der Waals surface area contributed by atoms with Gasteiger partial charge < -0.3 is 10.1 Å². The Kier molecular flexibility index (Phi) is 4.48. The maximum Gasteiger partial charge on any atom is 0.261 e. The highest BCUT2D eigenvalue weighted by atomic mass is 32.2. The third-order valence-corrected chi connectivity index (χ3v) is 4.99. The molecule has 1 N–H and O–H groups in total. The van der Waals surface area contributed by atoms with Gasteiger partial charge in [0.15, 0.2) is 15.9 Å². The van der Waals surface area contributed by atoms with Crippen molar-refractivity contribution < 1.29 is 17.9 Å². The van der Waals surface area contributed by atoms with E-state index in [9.17, 15) is 13.2 Å². The van der Waals surface area contributed by atoms with E-state index in [-0.39, 0.29) is 23.5 Å². The van der Waals surface area contributed by atoms with Crippen LogP contribution in [-0.4, -0.2) is 38.0 Å². The van der Waals surface area contributed by atoms with Gasteiger partial charge in [0.05, 0.1) is 23.1 Å². The molecule has 0 radical (unpaired) electrons. The van der Waals surface area contributed by atoms with Crippen molar-refractivity contribution in [2.75, 3.05) is 11.5 Å². The second-order valence-electron chi connectivity index (χ2n) is 5.01. The molecule has 0 unspecified atom stereocenters. The maximum atomic E-state index is 12.0. The standard InChI is InChI=1S/C14H16N2O4S/c1-10(20-13-4-2-3-11(7-13)8-15)14(17)16-12-5-6-21(18,19)9-12/h2-4,7,10,12H,5-6,9H2,1H3,(H,16,17)/t10-,12+/m0/s1. The van der Waals surface area contributed by atoms with Crippen LogP contribution in [0.1, 0.15) is 18.9 Å². The molecule has 21 heavy (non-hydrogen) atoms. The maximum absolute atomic E-state index is 12.0. The minimum Gasteiger partial charge on any atom is -0.481 e. The summed E-state index contributed by atoms with van der Waals surface area (Å²) in [6.07, 6.45) is -0.327. The van der Waals surface area contributed by atoms with Gasteiger partial charge in [-0.2, -0.15) is 5.26 Å². The van der Waals surface area contributed by atoms with Crippen LogP contribution in [-0.2, 0) is 14.6 Å². The van der Waals surface area contributed by atoms with Crippen LogP contribution >= 0.6 is 0 Å². The van der Waals surface area contributed by atoms with Crippen LogP contribution in [0.2, 0.25) is 0 Å². The monoisotopic (exact) mass is 308 g/mol. The number of ether oxygens (including phenoxy) is 1. The number of hydrogen-bond donors (Lipinski definition) is 1. The number of rotatable bonds is 4. The lowest BCUT2D eigenvalue weighted by atomic mass is 10.2. The summed E-state index contributed by atoms with van der Waals surface area (Å²) in [5.74, 6) is 0.155. The Hall–Kier alpha value is -2.07. The molecule has 112 valence electrons. The van der Waals surface area contributed by atoms with E-state index in [4.69, 9.17) is 10.00 Å². The number of amides is 1. The van der Waals surface area contributed by atoms with Crippen molar-refractivity contribution in [1.82, 2.24) is 5.32 Å². The normalized spacial score (nSPS) is 21.2. The summed E-state index contributed by atoms with van der Waals surface area (Å²) in [4.78, 5) is 12.0. The van der Waals surface area contributed by atoms with Crippen molar-refractivity contribution in [3.8, 4) is 11.8 Å². The first kappa shape index (κ1) is 15.3. The van der Waals surface area contributed by atoms with Gasteiger partial charge in [0, 0.05) is 6.04 Å².